The van der Waals surface area contributed by atoms with E-state index in [1.54, 1.807) is 6.20 Å². The van der Waals surface area contributed by atoms with Crippen LogP contribution in [0.2, 0.25) is 0 Å². The molecule has 3 heterocycles. The van der Waals surface area contributed by atoms with Gasteiger partial charge in [0, 0.05) is 24.1 Å². The van der Waals surface area contributed by atoms with E-state index < -0.39 is 17.4 Å². The zero-order valence-electron chi connectivity index (χ0n) is 19.3. The highest BCUT2D eigenvalue weighted by Gasteiger charge is 2.23. The maximum absolute atomic E-state index is 12.2. The molecular formula is C22H32N6O5. The number of fused-ring (bicyclic) bond motifs is 1. The second-order valence-corrected chi connectivity index (χ2v) is 8.80. The summed E-state index contributed by atoms with van der Waals surface area (Å²) in [6.07, 6.45) is 9.60. The second-order valence-electron chi connectivity index (χ2n) is 8.80. The molecule has 1 amide bonds. The van der Waals surface area contributed by atoms with Crippen LogP contribution in [0.4, 0.5) is 5.82 Å². The molecule has 180 valence electrons. The minimum atomic E-state index is -1.26. The molecule has 1 aliphatic heterocycles. The van der Waals surface area contributed by atoms with Gasteiger partial charge in [-0.3, -0.25) is 4.79 Å². The van der Waals surface area contributed by atoms with E-state index in [1.165, 1.54) is 45.1 Å². The molecule has 3 rings (SSSR count). The monoisotopic (exact) mass is 460 g/mol. The SMILES string of the molecule is CC(C)(C)C(=O)Nc1ncnc2c1cnn2CCN1CCCCCC1.O=C(O)C=CC(=O)O. The topological polar surface area (TPSA) is 151 Å². The molecule has 0 saturated carbocycles. The summed E-state index contributed by atoms with van der Waals surface area (Å²) in [5.74, 6) is -2.05. The number of nitrogens with zero attached hydrogens (tertiary/aromatic N) is 5. The third-order valence-corrected chi connectivity index (χ3v) is 5.04. The molecule has 1 fully saturated rings. The summed E-state index contributed by atoms with van der Waals surface area (Å²) in [7, 11) is 0. The predicted molar refractivity (Wildman–Crippen MR) is 123 cm³/mol. The van der Waals surface area contributed by atoms with Crippen molar-refractivity contribution in [3.05, 3.63) is 24.7 Å². The highest BCUT2D eigenvalue weighted by Crippen LogP contribution is 2.22. The fourth-order valence-electron chi connectivity index (χ4n) is 3.19. The van der Waals surface area contributed by atoms with Crippen molar-refractivity contribution in [2.45, 2.75) is 53.0 Å². The van der Waals surface area contributed by atoms with Crippen LogP contribution in [0.1, 0.15) is 46.5 Å². The van der Waals surface area contributed by atoms with Crippen molar-refractivity contribution in [2.24, 2.45) is 5.41 Å². The fourth-order valence-corrected chi connectivity index (χ4v) is 3.19. The number of rotatable bonds is 6. The zero-order valence-corrected chi connectivity index (χ0v) is 19.3. The Labute approximate surface area is 192 Å². The largest absolute Gasteiger partial charge is 0.478 e. The Morgan fingerprint density at radius 3 is 2.15 bits per heavy atom. The number of carbonyl (C=O) groups excluding carboxylic acids is 1. The molecule has 0 atom stereocenters. The summed E-state index contributed by atoms with van der Waals surface area (Å²) in [5, 5.41) is 23.8. The maximum atomic E-state index is 12.2. The van der Waals surface area contributed by atoms with Gasteiger partial charge in [0.05, 0.1) is 18.1 Å². The number of amides is 1. The molecule has 11 nitrogen and oxygen atoms in total. The van der Waals surface area contributed by atoms with Gasteiger partial charge in [0.25, 0.3) is 0 Å². The second kappa shape index (κ2) is 12.0. The molecule has 0 bridgehead atoms. The van der Waals surface area contributed by atoms with Crippen molar-refractivity contribution in [2.75, 3.05) is 25.0 Å². The number of aromatic nitrogens is 4. The fraction of sp³-hybridized carbons (Fsp3) is 0.545. The van der Waals surface area contributed by atoms with E-state index in [1.807, 2.05) is 25.5 Å². The summed E-state index contributed by atoms with van der Waals surface area (Å²) in [4.78, 5) is 42.5. The van der Waals surface area contributed by atoms with Crippen LogP contribution in [0.5, 0.6) is 0 Å². The average Bonchev–Trinajstić information content (AvgIpc) is 2.98. The van der Waals surface area contributed by atoms with Gasteiger partial charge in [0.1, 0.15) is 12.1 Å². The Balaban J connectivity index is 0.000000414. The lowest BCUT2D eigenvalue weighted by Gasteiger charge is -2.19. The van der Waals surface area contributed by atoms with E-state index in [0.717, 1.165) is 24.1 Å². The number of hydrogen-bond donors (Lipinski definition) is 3. The van der Waals surface area contributed by atoms with Crippen molar-refractivity contribution >= 4 is 34.7 Å². The van der Waals surface area contributed by atoms with E-state index in [9.17, 15) is 14.4 Å². The first-order valence-electron chi connectivity index (χ1n) is 10.9. The molecule has 33 heavy (non-hydrogen) atoms. The highest BCUT2D eigenvalue weighted by atomic mass is 16.4. The van der Waals surface area contributed by atoms with Crippen LogP contribution in [0.25, 0.3) is 11.0 Å². The molecule has 2 aromatic heterocycles. The summed E-state index contributed by atoms with van der Waals surface area (Å²) in [6, 6.07) is 0. The molecule has 0 radical (unpaired) electrons. The van der Waals surface area contributed by atoms with Crippen molar-refractivity contribution in [3.63, 3.8) is 0 Å². The van der Waals surface area contributed by atoms with Gasteiger partial charge in [0.15, 0.2) is 5.65 Å². The highest BCUT2D eigenvalue weighted by molar-refractivity contribution is 6.00. The third kappa shape index (κ3) is 8.60. The maximum Gasteiger partial charge on any atom is 0.328 e. The van der Waals surface area contributed by atoms with Gasteiger partial charge in [-0.25, -0.2) is 24.2 Å². The summed E-state index contributed by atoms with van der Waals surface area (Å²) >= 11 is 0. The van der Waals surface area contributed by atoms with Gasteiger partial charge in [0.2, 0.25) is 5.91 Å². The van der Waals surface area contributed by atoms with Crippen molar-refractivity contribution in [3.8, 4) is 0 Å². The van der Waals surface area contributed by atoms with E-state index >= 15 is 0 Å². The van der Waals surface area contributed by atoms with Gasteiger partial charge in [-0.05, 0) is 25.9 Å². The Bertz CT molecular complexity index is 971. The van der Waals surface area contributed by atoms with Crippen LogP contribution in [0.15, 0.2) is 24.7 Å². The van der Waals surface area contributed by atoms with E-state index in [2.05, 4.69) is 25.3 Å². The number of hydrogen-bond acceptors (Lipinski definition) is 7. The molecule has 0 aromatic carbocycles. The van der Waals surface area contributed by atoms with Crippen LogP contribution in [-0.4, -0.2) is 72.3 Å². The van der Waals surface area contributed by atoms with Crippen molar-refractivity contribution in [1.82, 2.24) is 24.6 Å². The van der Waals surface area contributed by atoms with E-state index in [0.29, 0.717) is 18.0 Å². The standard InChI is InChI=1S/C18H28N6O.C4H4O4/c1-18(2,3)17(25)22-15-14-12-21-24(16(14)20-13-19-15)11-10-23-8-6-4-5-7-9-23;5-3(6)1-2-4(7)8/h12-13H,4-11H2,1-3H3,(H,19,20,22,25);1-2H,(H,5,6)(H,7,8). The number of likely N-dealkylation sites (tertiary alicyclic amines) is 1. The minimum Gasteiger partial charge on any atom is -0.478 e. The van der Waals surface area contributed by atoms with Gasteiger partial charge < -0.3 is 20.4 Å². The van der Waals surface area contributed by atoms with Gasteiger partial charge in [-0.1, -0.05) is 33.6 Å². The van der Waals surface area contributed by atoms with Crippen LogP contribution in [0, 0.1) is 5.41 Å². The number of carboxylic acids is 2. The number of carboxylic acid groups (broad SMARTS) is 2. The molecule has 3 N–H and O–H groups in total. The minimum absolute atomic E-state index is 0.0650. The number of carbonyl (C=O) groups is 3. The number of anilines is 1. The number of nitrogens with one attached hydrogen (secondary N) is 1. The Morgan fingerprint density at radius 2 is 1.61 bits per heavy atom. The molecule has 1 aliphatic rings. The van der Waals surface area contributed by atoms with Gasteiger partial charge in [-0.2, -0.15) is 5.10 Å². The van der Waals surface area contributed by atoms with Crippen LogP contribution < -0.4 is 5.32 Å². The first-order chi connectivity index (χ1) is 15.6. The van der Waals surface area contributed by atoms with Crippen LogP contribution >= 0.6 is 0 Å². The van der Waals surface area contributed by atoms with Gasteiger partial charge in [-0.15, -0.1) is 0 Å². The average molecular weight is 461 g/mol. The summed E-state index contributed by atoms with van der Waals surface area (Å²) in [5.41, 5.74) is 0.300. The Hall–Kier alpha value is -3.34. The Kier molecular flexibility index (Phi) is 9.46. The molecule has 1 saturated heterocycles. The molecule has 0 spiro atoms. The summed E-state index contributed by atoms with van der Waals surface area (Å²) in [6.45, 7) is 9.75. The first kappa shape index (κ1) is 25.9. The third-order valence-electron chi connectivity index (χ3n) is 5.04. The predicted octanol–water partition coefficient (Wildman–Crippen LogP) is 2.40. The lowest BCUT2D eigenvalue weighted by atomic mass is 9.96. The Morgan fingerprint density at radius 1 is 1.00 bits per heavy atom. The molecule has 11 heteroatoms. The lowest BCUT2D eigenvalue weighted by molar-refractivity contribution is -0.134. The quantitative estimate of drug-likeness (QED) is 0.552. The molecule has 0 aliphatic carbocycles. The zero-order chi connectivity index (χ0) is 24.4. The van der Waals surface area contributed by atoms with Gasteiger partial charge >= 0.3 is 11.9 Å². The van der Waals surface area contributed by atoms with Crippen molar-refractivity contribution < 1.29 is 24.6 Å². The summed E-state index contributed by atoms with van der Waals surface area (Å²) < 4.78 is 1.91. The first-order valence-corrected chi connectivity index (χ1v) is 10.9. The smallest absolute Gasteiger partial charge is 0.328 e. The lowest BCUT2D eigenvalue weighted by Crippen LogP contribution is -2.29. The van der Waals surface area contributed by atoms with E-state index in [-0.39, 0.29) is 5.91 Å². The molecule has 2 aromatic rings. The van der Waals surface area contributed by atoms with Crippen LogP contribution in [0.3, 0.4) is 0 Å². The van der Waals surface area contributed by atoms with Crippen molar-refractivity contribution in [1.29, 1.82) is 0 Å². The number of aliphatic carboxylic acids is 2. The normalized spacial score (nSPS) is 15.0. The van der Waals surface area contributed by atoms with E-state index in [4.69, 9.17) is 10.2 Å². The molecular weight excluding hydrogens is 428 g/mol. The molecule has 0 unspecified atom stereocenters. The van der Waals surface area contributed by atoms with Crippen LogP contribution in [-0.2, 0) is 20.9 Å².